The van der Waals surface area contributed by atoms with Crippen molar-refractivity contribution in [3.8, 4) is 0 Å². The van der Waals surface area contributed by atoms with Gasteiger partial charge in [0.1, 0.15) is 16.6 Å². The molecule has 2 aromatic heterocycles. The predicted molar refractivity (Wildman–Crippen MR) is 111 cm³/mol. The van der Waals surface area contributed by atoms with Crippen LogP contribution < -0.4 is 5.32 Å². The lowest BCUT2D eigenvalue weighted by atomic mass is 9.96. The SMILES string of the molecule is CC(C)c1cnn2c(NC(=O)C3CCN(C(=O)OC(C)(C)C)CC3)cc(Cl)nc12. The zero-order valence-corrected chi connectivity index (χ0v) is 18.3. The number of rotatable bonds is 3. The summed E-state index contributed by atoms with van der Waals surface area (Å²) < 4.78 is 7.01. The van der Waals surface area contributed by atoms with Crippen molar-refractivity contribution in [1.82, 2.24) is 19.5 Å². The Hall–Kier alpha value is -2.35. The van der Waals surface area contributed by atoms with Crippen LogP contribution >= 0.6 is 11.6 Å². The van der Waals surface area contributed by atoms with Crippen molar-refractivity contribution in [1.29, 1.82) is 0 Å². The largest absolute Gasteiger partial charge is 0.444 e. The van der Waals surface area contributed by atoms with Crippen LogP contribution in [0, 0.1) is 5.92 Å². The number of nitrogens with zero attached hydrogens (tertiary/aromatic N) is 4. The summed E-state index contributed by atoms with van der Waals surface area (Å²) in [6, 6.07) is 1.60. The lowest BCUT2D eigenvalue weighted by Gasteiger charge is -2.32. The van der Waals surface area contributed by atoms with Crippen molar-refractivity contribution in [2.24, 2.45) is 5.92 Å². The second-order valence-corrected chi connectivity index (χ2v) is 9.07. The fourth-order valence-electron chi connectivity index (χ4n) is 3.33. The molecule has 1 aliphatic rings. The van der Waals surface area contributed by atoms with E-state index in [1.54, 1.807) is 21.7 Å². The molecular formula is C20H28ClN5O3. The first-order valence-electron chi connectivity index (χ1n) is 9.88. The van der Waals surface area contributed by atoms with Gasteiger partial charge in [0.25, 0.3) is 0 Å². The van der Waals surface area contributed by atoms with Gasteiger partial charge in [-0.15, -0.1) is 0 Å². The van der Waals surface area contributed by atoms with Gasteiger partial charge in [-0.1, -0.05) is 25.4 Å². The first-order valence-corrected chi connectivity index (χ1v) is 10.3. The van der Waals surface area contributed by atoms with Gasteiger partial charge < -0.3 is 15.0 Å². The van der Waals surface area contributed by atoms with Gasteiger partial charge in [0.15, 0.2) is 5.65 Å². The maximum atomic E-state index is 12.8. The molecular weight excluding hydrogens is 394 g/mol. The number of anilines is 1. The van der Waals surface area contributed by atoms with Crippen molar-refractivity contribution < 1.29 is 14.3 Å². The van der Waals surface area contributed by atoms with Crippen LogP contribution in [0.25, 0.3) is 5.65 Å². The zero-order valence-electron chi connectivity index (χ0n) is 17.5. The molecule has 0 spiro atoms. The van der Waals surface area contributed by atoms with Crippen LogP contribution in [0.5, 0.6) is 0 Å². The third-order valence-electron chi connectivity index (χ3n) is 4.86. The number of carbonyl (C=O) groups is 2. The Morgan fingerprint density at radius 2 is 1.93 bits per heavy atom. The van der Waals surface area contributed by atoms with E-state index in [0.29, 0.717) is 42.5 Å². The van der Waals surface area contributed by atoms with E-state index in [4.69, 9.17) is 16.3 Å². The quantitative estimate of drug-likeness (QED) is 0.754. The third-order valence-corrected chi connectivity index (χ3v) is 5.05. The smallest absolute Gasteiger partial charge is 0.410 e. The van der Waals surface area contributed by atoms with E-state index in [0.717, 1.165) is 5.56 Å². The summed E-state index contributed by atoms with van der Waals surface area (Å²) in [7, 11) is 0. The number of amides is 2. The van der Waals surface area contributed by atoms with E-state index in [1.165, 1.54) is 0 Å². The van der Waals surface area contributed by atoms with Crippen LogP contribution in [0.15, 0.2) is 12.3 Å². The molecule has 29 heavy (non-hydrogen) atoms. The topological polar surface area (TPSA) is 88.8 Å². The van der Waals surface area contributed by atoms with Crippen molar-refractivity contribution in [2.75, 3.05) is 18.4 Å². The minimum absolute atomic E-state index is 0.112. The molecule has 2 amide bonds. The average molecular weight is 422 g/mol. The Morgan fingerprint density at radius 3 is 2.52 bits per heavy atom. The highest BCUT2D eigenvalue weighted by Crippen LogP contribution is 2.26. The van der Waals surface area contributed by atoms with Crippen LogP contribution in [0.3, 0.4) is 0 Å². The number of nitrogens with one attached hydrogen (secondary N) is 1. The summed E-state index contributed by atoms with van der Waals surface area (Å²) in [5.41, 5.74) is 1.08. The molecule has 0 aromatic carbocycles. The number of likely N-dealkylation sites (tertiary alicyclic amines) is 1. The van der Waals surface area contributed by atoms with Gasteiger partial charge in [-0.05, 0) is 39.5 Å². The molecule has 0 saturated carbocycles. The number of halogens is 1. The lowest BCUT2D eigenvalue weighted by molar-refractivity contribution is -0.121. The van der Waals surface area contributed by atoms with Gasteiger partial charge >= 0.3 is 6.09 Å². The first kappa shape index (κ1) is 21.4. The number of aromatic nitrogens is 3. The summed E-state index contributed by atoms with van der Waals surface area (Å²) in [5, 5.41) is 7.59. The summed E-state index contributed by atoms with van der Waals surface area (Å²) in [4.78, 5) is 31.0. The van der Waals surface area contributed by atoms with Crippen molar-refractivity contribution in [3.05, 3.63) is 23.0 Å². The second-order valence-electron chi connectivity index (χ2n) is 8.69. The first-order chi connectivity index (χ1) is 13.5. The molecule has 0 atom stereocenters. The number of piperidine rings is 1. The second kappa shape index (κ2) is 8.18. The molecule has 0 radical (unpaired) electrons. The van der Waals surface area contributed by atoms with Crippen LogP contribution in [0.4, 0.5) is 10.6 Å². The molecule has 9 heteroatoms. The molecule has 0 aliphatic carbocycles. The number of hydrogen-bond acceptors (Lipinski definition) is 5. The maximum Gasteiger partial charge on any atom is 0.410 e. The normalized spacial score (nSPS) is 15.8. The molecule has 0 unspecified atom stereocenters. The Bertz CT molecular complexity index is 911. The highest BCUT2D eigenvalue weighted by atomic mass is 35.5. The Kier molecular flexibility index (Phi) is 6.03. The zero-order chi connectivity index (χ0) is 21.3. The third kappa shape index (κ3) is 4.98. The van der Waals surface area contributed by atoms with Gasteiger partial charge in [-0.3, -0.25) is 4.79 Å². The van der Waals surface area contributed by atoms with Gasteiger partial charge in [-0.25, -0.2) is 9.78 Å². The van der Waals surface area contributed by atoms with Crippen molar-refractivity contribution >= 4 is 35.1 Å². The van der Waals surface area contributed by atoms with Gasteiger partial charge in [0.05, 0.1) is 6.20 Å². The molecule has 0 bridgehead atoms. The van der Waals surface area contributed by atoms with E-state index in [2.05, 4.69) is 29.2 Å². The van der Waals surface area contributed by atoms with Gasteiger partial charge in [0, 0.05) is 30.6 Å². The average Bonchev–Trinajstić information content (AvgIpc) is 3.04. The number of carbonyl (C=O) groups excluding carboxylic acids is 2. The molecule has 1 aliphatic heterocycles. The highest BCUT2D eigenvalue weighted by molar-refractivity contribution is 6.29. The van der Waals surface area contributed by atoms with Gasteiger partial charge in [-0.2, -0.15) is 9.61 Å². The predicted octanol–water partition coefficient (Wildman–Crippen LogP) is 4.09. The van der Waals surface area contributed by atoms with E-state index in [1.807, 2.05) is 20.8 Å². The van der Waals surface area contributed by atoms with Crippen LogP contribution in [0.2, 0.25) is 5.15 Å². The van der Waals surface area contributed by atoms with Crippen LogP contribution in [0.1, 0.15) is 58.9 Å². The van der Waals surface area contributed by atoms with E-state index in [-0.39, 0.29) is 23.8 Å². The van der Waals surface area contributed by atoms with E-state index in [9.17, 15) is 9.59 Å². The molecule has 3 heterocycles. The Labute approximate surface area is 175 Å². The molecule has 1 saturated heterocycles. The van der Waals surface area contributed by atoms with Crippen molar-refractivity contribution in [3.63, 3.8) is 0 Å². The molecule has 3 rings (SSSR count). The van der Waals surface area contributed by atoms with E-state index < -0.39 is 5.60 Å². The molecule has 1 N–H and O–H groups in total. The van der Waals surface area contributed by atoms with Gasteiger partial charge in [0.2, 0.25) is 5.91 Å². The molecule has 158 valence electrons. The fraction of sp³-hybridized carbons (Fsp3) is 0.600. The molecule has 2 aromatic rings. The Balaban J connectivity index is 1.67. The van der Waals surface area contributed by atoms with E-state index >= 15 is 0 Å². The summed E-state index contributed by atoms with van der Waals surface area (Å²) in [5.74, 6) is 0.417. The van der Waals surface area contributed by atoms with Crippen LogP contribution in [-0.2, 0) is 9.53 Å². The summed E-state index contributed by atoms with van der Waals surface area (Å²) in [6.07, 6.45) is 2.56. The number of ether oxygens (including phenoxy) is 1. The number of fused-ring (bicyclic) bond motifs is 1. The monoisotopic (exact) mass is 421 g/mol. The minimum Gasteiger partial charge on any atom is -0.444 e. The standard InChI is InChI=1S/C20H28ClN5O3/c1-12(2)14-11-22-26-16(10-15(21)23-17(14)26)24-18(27)13-6-8-25(9-7-13)19(28)29-20(3,4)5/h10-13H,6-9H2,1-5H3,(H,24,27). The highest BCUT2D eigenvalue weighted by Gasteiger charge is 2.30. The molecule has 8 nitrogen and oxygen atoms in total. The molecule has 1 fully saturated rings. The minimum atomic E-state index is -0.532. The number of hydrogen-bond donors (Lipinski definition) is 1. The maximum absolute atomic E-state index is 12.8. The summed E-state index contributed by atoms with van der Waals surface area (Å²) >= 11 is 6.17. The van der Waals surface area contributed by atoms with Crippen LogP contribution in [-0.4, -0.2) is 50.2 Å². The van der Waals surface area contributed by atoms with Crippen molar-refractivity contribution in [2.45, 2.75) is 59.0 Å². The Morgan fingerprint density at radius 1 is 1.28 bits per heavy atom. The lowest BCUT2D eigenvalue weighted by Crippen LogP contribution is -2.43. The summed E-state index contributed by atoms with van der Waals surface area (Å²) in [6.45, 7) is 10.6. The fourth-order valence-corrected chi connectivity index (χ4v) is 3.51.